The van der Waals surface area contributed by atoms with E-state index in [0.29, 0.717) is 5.41 Å². The lowest BCUT2D eigenvalue weighted by Crippen LogP contribution is -2.46. The van der Waals surface area contributed by atoms with Gasteiger partial charge in [-0.1, -0.05) is 52.9 Å². The summed E-state index contributed by atoms with van der Waals surface area (Å²) in [5, 5.41) is 4.01. The van der Waals surface area contributed by atoms with E-state index in [2.05, 4.69) is 26.1 Å². The van der Waals surface area contributed by atoms with Gasteiger partial charge < -0.3 is 5.32 Å². The lowest BCUT2D eigenvalue weighted by molar-refractivity contribution is 0.137. The fraction of sp³-hybridized carbons (Fsp3) is 1.00. The molecule has 0 heterocycles. The summed E-state index contributed by atoms with van der Waals surface area (Å²) >= 11 is 0. The number of nitrogens with one attached hydrogen (secondary N) is 1. The van der Waals surface area contributed by atoms with Crippen LogP contribution in [0, 0.1) is 11.3 Å². The first kappa shape index (κ1) is 14.4. The van der Waals surface area contributed by atoms with Gasteiger partial charge in [0.15, 0.2) is 0 Å². The Kier molecular flexibility index (Phi) is 5.12. The van der Waals surface area contributed by atoms with Gasteiger partial charge in [0.2, 0.25) is 0 Å². The highest BCUT2D eigenvalue weighted by atomic mass is 15.0. The summed E-state index contributed by atoms with van der Waals surface area (Å²) in [5.74, 6) is 0.860. The third kappa shape index (κ3) is 4.26. The van der Waals surface area contributed by atoms with Crippen LogP contribution >= 0.6 is 0 Å². The molecule has 0 saturated heterocycles. The van der Waals surface area contributed by atoms with Crippen LogP contribution in [0.25, 0.3) is 0 Å². The fourth-order valence-corrected chi connectivity index (χ4v) is 4.12. The van der Waals surface area contributed by atoms with Gasteiger partial charge in [-0.3, -0.25) is 0 Å². The molecule has 2 rings (SSSR count). The molecule has 2 aliphatic carbocycles. The van der Waals surface area contributed by atoms with Gasteiger partial charge in [0.25, 0.3) is 0 Å². The van der Waals surface area contributed by atoms with E-state index in [1.165, 1.54) is 64.2 Å². The highest BCUT2D eigenvalue weighted by Gasteiger charge is 2.33. The molecule has 1 nitrogen and oxygen atoms in total. The molecule has 0 spiro atoms. The van der Waals surface area contributed by atoms with Crippen LogP contribution < -0.4 is 5.32 Å². The summed E-state index contributed by atoms with van der Waals surface area (Å²) in [5.41, 5.74) is 0.582. The molecular formula is C17H33N. The zero-order valence-electron chi connectivity index (χ0n) is 12.8. The summed E-state index contributed by atoms with van der Waals surface area (Å²) in [6.45, 7) is 7.34. The normalized spacial score (nSPS) is 34.8. The topological polar surface area (TPSA) is 12.0 Å². The van der Waals surface area contributed by atoms with Crippen LogP contribution in [0.4, 0.5) is 0 Å². The van der Waals surface area contributed by atoms with Gasteiger partial charge in [0.05, 0.1) is 0 Å². The third-order valence-electron chi connectivity index (χ3n) is 5.25. The summed E-state index contributed by atoms with van der Waals surface area (Å²) in [6.07, 6.45) is 14.3. The maximum Gasteiger partial charge on any atom is 0.00956 e. The van der Waals surface area contributed by atoms with E-state index in [9.17, 15) is 0 Å². The van der Waals surface area contributed by atoms with E-state index in [1.54, 1.807) is 0 Å². The summed E-state index contributed by atoms with van der Waals surface area (Å²) in [6, 6.07) is 1.61. The Morgan fingerprint density at radius 1 is 0.889 bits per heavy atom. The quantitative estimate of drug-likeness (QED) is 0.736. The first-order valence-corrected chi connectivity index (χ1v) is 8.33. The lowest BCUT2D eigenvalue weighted by Gasteiger charge is -2.41. The summed E-state index contributed by atoms with van der Waals surface area (Å²) in [7, 11) is 0. The van der Waals surface area contributed by atoms with E-state index in [4.69, 9.17) is 0 Å². The Hall–Kier alpha value is -0.0400. The molecule has 1 heteroatoms. The van der Waals surface area contributed by atoms with Crippen molar-refractivity contribution in [3.63, 3.8) is 0 Å². The molecule has 2 saturated carbocycles. The lowest BCUT2D eigenvalue weighted by atomic mass is 9.70. The van der Waals surface area contributed by atoms with Crippen LogP contribution in [0.5, 0.6) is 0 Å². The van der Waals surface area contributed by atoms with Crippen molar-refractivity contribution < 1.29 is 0 Å². The van der Waals surface area contributed by atoms with Crippen molar-refractivity contribution in [3.05, 3.63) is 0 Å². The molecule has 106 valence electrons. The van der Waals surface area contributed by atoms with Gasteiger partial charge in [-0.05, 0) is 43.4 Å². The zero-order chi connectivity index (χ0) is 13.0. The molecule has 2 unspecified atom stereocenters. The first-order chi connectivity index (χ1) is 8.57. The van der Waals surface area contributed by atoms with Gasteiger partial charge in [-0.25, -0.2) is 0 Å². The molecule has 0 aromatic carbocycles. The Morgan fingerprint density at radius 3 is 2.11 bits per heavy atom. The molecule has 0 amide bonds. The smallest absolute Gasteiger partial charge is 0.00956 e. The SMILES string of the molecule is CC1CC(C)(C)CCC1NC1CCCCCCC1. The minimum atomic E-state index is 0.582. The monoisotopic (exact) mass is 251 g/mol. The van der Waals surface area contributed by atoms with Crippen molar-refractivity contribution in [1.82, 2.24) is 5.32 Å². The fourth-order valence-electron chi connectivity index (χ4n) is 4.12. The van der Waals surface area contributed by atoms with E-state index in [1.807, 2.05) is 0 Å². The molecule has 1 N–H and O–H groups in total. The van der Waals surface area contributed by atoms with Crippen LogP contribution in [-0.4, -0.2) is 12.1 Å². The Morgan fingerprint density at radius 2 is 1.50 bits per heavy atom. The molecular weight excluding hydrogens is 218 g/mol. The van der Waals surface area contributed by atoms with Gasteiger partial charge in [-0.15, -0.1) is 0 Å². The van der Waals surface area contributed by atoms with E-state index < -0.39 is 0 Å². The van der Waals surface area contributed by atoms with E-state index in [-0.39, 0.29) is 0 Å². The maximum absolute atomic E-state index is 4.01. The highest BCUT2D eigenvalue weighted by molar-refractivity contribution is 4.88. The maximum atomic E-state index is 4.01. The summed E-state index contributed by atoms with van der Waals surface area (Å²) in [4.78, 5) is 0. The second-order valence-corrected chi connectivity index (χ2v) is 7.70. The van der Waals surface area contributed by atoms with Crippen molar-refractivity contribution >= 4 is 0 Å². The Labute approximate surface area is 114 Å². The van der Waals surface area contributed by atoms with Crippen molar-refractivity contribution in [2.24, 2.45) is 11.3 Å². The van der Waals surface area contributed by atoms with Crippen LogP contribution in [0.15, 0.2) is 0 Å². The van der Waals surface area contributed by atoms with Gasteiger partial charge in [0, 0.05) is 12.1 Å². The van der Waals surface area contributed by atoms with Crippen molar-refractivity contribution in [2.75, 3.05) is 0 Å². The Balaban J connectivity index is 1.81. The number of rotatable bonds is 2. The average molecular weight is 251 g/mol. The first-order valence-electron chi connectivity index (χ1n) is 8.33. The summed E-state index contributed by atoms with van der Waals surface area (Å²) < 4.78 is 0. The molecule has 0 aromatic rings. The minimum Gasteiger partial charge on any atom is -0.311 e. The van der Waals surface area contributed by atoms with Crippen molar-refractivity contribution in [2.45, 2.75) is 97.1 Å². The minimum absolute atomic E-state index is 0.582. The number of hydrogen-bond donors (Lipinski definition) is 1. The second-order valence-electron chi connectivity index (χ2n) is 7.70. The van der Waals surface area contributed by atoms with E-state index >= 15 is 0 Å². The van der Waals surface area contributed by atoms with E-state index in [0.717, 1.165) is 18.0 Å². The second kappa shape index (κ2) is 6.41. The highest BCUT2D eigenvalue weighted by Crippen LogP contribution is 2.38. The van der Waals surface area contributed by atoms with Crippen molar-refractivity contribution in [1.29, 1.82) is 0 Å². The van der Waals surface area contributed by atoms with Gasteiger partial charge >= 0.3 is 0 Å². The predicted octanol–water partition coefficient (Wildman–Crippen LogP) is 4.90. The molecule has 0 aliphatic heterocycles. The number of hydrogen-bond acceptors (Lipinski definition) is 1. The molecule has 0 bridgehead atoms. The zero-order valence-corrected chi connectivity index (χ0v) is 12.8. The van der Waals surface area contributed by atoms with Gasteiger partial charge in [0.1, 0.15) is 0 Å². The van der Waals surface area contributed by atoms with Gasteiger partial charge in [-0.2, -0.15) is 0 Å². The third-order valence-corrected chi connectivity index (χ3v) is 5.25. The predicted molar refractivity (Wildman–Crippen MR) is 79.8 cm³/mol. The van der Waals surface area contributed by atoms with Crippen molar-refractivity contribution in [3.8, 4) is 0 Å². The molecule has 18 heavy (non-hydrogen) atoms. The van der Waals surface area contributed by atoms with Crippen LogP contribution in [0.3, 0.4) is 0 Å². The molecule has 2 fully saturated rings. The largest absolute Gasteiger partial charge is 0.311 e. The van der Waals surface area contributed by atoms with Crippen LogP contribution in [0.2, 0.25) is 0 Å². The Bertz CT molecular complexity index is 238. The molecule has 0 aromatic heterocycles. The standard InChI is InChI=1S/C17H33N/c1-14-13-17(2,3)12-11-16(14)18-15-9-7-5-4-6-8-10-15/h14-16,18H,4-13H2,1-3H3. The molecule has 2 atom stereocenters. The molecule has 2 aliphatic rings. The van der Waals surface area contributed by atoms with Crippen LogP contribution in [0.1, 0.15) is 85.0 Å². The average Bonchev–Trinajstić information content (AvgIpc) is 2.24. The van der Waals surface area contributed by atoms with Crippen LogP contribution in [-0.2, 0) is 0 Å². The molecule has 0 radical (unpaired) electrons.